The van der Waals surface area contributed by atoms with E-state index in [-0.39, 0.29) is 17.1 Å². The van der Waals surface area contributed by atoms with Crippen LogP contribution in [0.4, 0.5) is 11.4 Å². The molecule has 0 saturated heterocycles. The summed E-state index contributed by atoms with van der Waals surface area (Å²) in [6.07, 6.45) is 0. The first kappa shape index (κ1) is 15.4. The molecule has 0 amide bonds. The van der Waals surface area contributed by atoms with Crippen LogP contribution in [0.3, 0.4) is 0 Å². The second kappa shape index (κ2) is 5.76. The molecular weight excluding hydrogens is 316 g/mol. The van der Waals surface area contributed by atoms with Gasteiger partial charge in [-0.1, -0.05) is 0 Å². The molecule has 3 N–H and O–H groups in total. The van der Waals surface area contributed by atoms with Gasteiger partial charge in [0, 0.05) is 17.1 Å². The zero-order chi connectivity index (χ0) is 15.6. The van der Waals surface area contributed by atoms with Crippen molar-refractivity contribution in [2.24, 2.45) is 0 Å². The maximum atomic E-state index is 12.1. The Morgan fingerprint density at radius 2 is 2.19 bits per heavy atom. The number of nitrogens with one attached hydrogen (secondary N) is 1. The Morgan fingerprint density at radius 1 is 1.48 bits per heavy atom. The molecule has 0 aliphatic carbocycles. The average Bonchev–Trinajstić information content (AvgIpc) is 2.82. The topological polar surface area (TPSA) is 128 Å². The third-order valence-corrected chi connectivity index (χ3v) is 4.95. The molecule has 0 bridgehead atoms. The number of anilines is 1. The predicted octanol–water partition coefficient (Wildman–Crippen LogP) is 1.42. The molecule has 0 aliphatic rings. The Morgan fingerprint density at radius 3 is 2.76 bits per heavy atom. The highest BCUT2D eigenvalue weighted by Crippen LogP contribution is 2.24. The highest BCUT2D eigenvalue weighted by Gasteiger charge is 2.20. The number of sulfonamides is 1. The first-order valence-electron chi connectivity index (χ1n) is 5.74. The lowest BCUT2D eigenvalue weighted by Crippen LogP contribution is -2.23. The van der Waals surface area contributed by atoms with Crippen LogP contribution in [0.1, 0.15) is 10.7 Å². The molecule has 112 valence electrons. The van der Waals surface area contributed by atoms with Gasteiger partial charge in [0.15, 0.2) is 0 Å². The van der Waals surface area contributed by atoms with Crippen molar-refractivity contribution < 1.29 is 13.3 Å². The Hall–Kier alpha value is -2.04. The zero-order valence-electron chi connectivity index (χ0n) is 10.9. The van der Waals surface area contributed by atoms with E-state index in [2.05, 4.69) is 9.71 Å². The summed E-state index contributed by atoms with van der Waals surface area (Å²) in [6.45, 7) is 1.83. The van der Waals surface area contributed by atoms with E-state index in [0.29, 0.717) is 5.01 Å². The number of aryl methyl sites for hydroxylation is 1. The van der Waals surface area contributed by atoms with E-state index >= 15 is 0 Å². The molecule has 0 saturated carbocycles. The summed E-state index contributed by atoms with van der Waals surface area (Å²) in [4.78, 5) is 14.0. The van der Waals surface area contributed by atoms with Crippen molar-refractivity contribution in [2.45, 2.75) is 18.4 Å². The number of nitrogens with two attached hydrogens (primary N) is 1. The molecule has 0 unspecified atom stereocenters. The van der Waals surface area contributed by atoms with Gasteiger partial charge in [-0.2, -0.15) is 0 Å². The zero-order valence-corrected chi connectivity index (χ0v) is 12.6. The van der Waals surface area contributed by atoms with Gasteiger partial charge < -0.3 is 5.73 Å². The van der Waals surface area contributed by atoms with Gasteiger partial charge in [-0.15, -0.1) is 11.3 Å². The van der Waals surface area contributed by atoms with Crippen LogP contribution in [0.15, 0.2) is 28.5 Å². The molecule has 0 aliphatic heterocycles. The average molecular weight is 328 g/mol. The van der Waals surface area contributed by atoms with Crippen molar-refractivity contribution in [3.05, 3.63) is 44.4 Å². The number of thiazole rings is 1. The summed E-state index contributed by atoms with van der Waals surface area (Å²) in [5, 5.41) is 13.2. The van der Waals surface area contributed by atoms with Crippen molar-refractivity contribution in [1.29, 1.82) is 0 Å². The summed E-state index contributed by atoms with van der Waals surface area (Å²) in [5.74, 6) is 0. The van der Waals surface area contributed by atoms with E-state index in [4.69, 9.17) is 5.73 Å². The molecular formula is C11H12N4O4S2. The largest absolute Gasteiger partial charge is 0.393 e. The minimum absolute atomic E-state index is 0.0268. The van der Waals surface area contributed by atoms with Gasteiger partial charge in [0.1, 0.15) is 10.7 Å². The highest BCUT2D eigenvalue weighted by molar-refractivity contribution is 7.89. The van der Waals surface area contributed by atoms with Crippen molar-refractivity contribution in [3.63, 3.8) is 0 Å². The summed E-state index contributed by atoms with van der Waals surface area (Å²) in [7, 11) is -3.87. The Bertz CT molecular complexity index is 785. The standard InChI is InChI=1S/C11H12N4O4S2/c1-7-6-20-11(14-7)5-13-21(18,19)8-2-3-9(12)10(4-8)15(16)17/h2-4,6,13H,5,12H2,1H3. The van der Waals surface area contributed by atoms with Gasteiger partial charge >= 0.3 is 0 Å². The maximum absolute atomic E-state index is 12.1. The number of hydrogen-bond donors (Lipinski definition) is 2. The number of nitro benzene ring substituents is 1. The van der Waals surface area contributed by atoms with Crippen LogP contribution < -0.4 is 10.5 Å². The lowest BCUT2D eigenvalue weighted by atomic mass is 10.3. The lowest BCUT2D eigenvalue weighted by Gasteiger charge is -2.06. The van der Waals surface area contributed by atoms with Crippen LogP contribution >= 0.6 is 11.3 Å². The summed E-state index contributed by atoms with van der Waals surface area (Å²) < 4.78 is 26.5. The van der Waals surface area contributed by atoms with E-state index in [0.717, 1.165) is 11.8 Å². The lowest BCUT2D eigenvalue weighted by molar-refractivity contribution is -0.384. The molecule has 2 rings (SSSR count). The molecule has 0 atom stereocenters. The predicted molar refractivity (Wildman–Crippen MR) is 78.4 cm³/mol. The second-order valence-electron chi connectivity index (χ2n) is 4.18. The number of nitrogen functional groups attached to an aromatic ring is 1. The van der Waals surface area contributed by atoms with E-state index in [1.54, 1.807) is 12.3 Å². The number of rotatable bonds is 5. The Balaban J connectivity index is 2.23. The first-order valence-corrected chi connectivity index (χ1v) is 8.10. The molecule has 1 heterocycles. The normalized spacial score (nSPS) is 11.5. The Labute approximate surface area is 124 Å². The number of aromatic nitrogens is 1. The quantitative estimate of drug-likeness (QED) is 0.485. The minimum atomic E-state index is -3.87. The smallest absolute Gasteiger partial charge is 0.293 e. The van der Waals surface area contributed by atoms with Gasteiger partial charge in [0.05, 0.1) is 16.4 Å². The van der Waals surface area contributed by atoms with Crippen LogP contribution in [0.5, 0.6) is 0 Å². The van der Waals surface area contributed by atoms with Gasteiger partial charge in [-0.25, -0.2) is 18.1 Å². The summed E-state index contributed by atoms with van der Waals surface area (Å²) >= 11 is 1.33. The molecule has 8 nitrogen and oxygen atoms in total. The fourth-order valence-corrected chi connectivity index (χ4v) is 3.38. The number of benzene rings is 1. The molecule has 0 spiro atoms. The maximum Gasteiger partial charge on any atom is 0.293 e. The Kier molecular flexibility index (Phi) is 4.21. The van der Waals surface area contributed by atoms with Gasteiger partial charge in [0.25, 0.3) is 5.69 Å². The van der Waals surface area contributed by atoms with E-state index in [1.807, 2.05) is 0 Å². The number of nitro groups is 1. The fraction of sp³-hybridized carbons (Fsp3) is 0.182. The first-order chi connectivity index (χ1) is 9.79. The molecule has 21 heavy (non-hydrogen) atoms. The third-order valence-electron chi connectivity index (χ3n) is 2.59. The summed E-state index contributed by atoms with van der Waals surface area (Å²) in [6, 6.07) is 3.35. The summed E-state index contributed by atoms with van der Waals surface area (Å²) in [5.41, 5.74) is 5.71. The van der Waals surface area contributed by atoms with Gasteiger partial charge in [-0.3, -0.25) is 10.1 Å². The second-order valence-corrected chi connectivity index (χ2v) is 6.89. The van der Waals surface area contributed by atoms with Crippen LogP contribution in [0.25, 0.3) is 0 Å². The fourth-order valence-electron chi connectivity index (χ4n) is 1.57. The van der Waals surface area contributed by atoms with Crippen molar-refractivity contribution in [2.75, 3.05) is 5.73 Å². The van der Waals surface area contributed by atoms with Crippen LogP contribution in [0, 0.1) is 17.0 Å². The minimum Gasteiger partial charge on any atom is -0.393 e. The van der Waals surface area contributed by atoms with Crippen molar-refractivity contribution in [3.8, 4) is 0 Å². The molecule has 0 radical (unpaired) electrons. The van der Waals surface area contributed by atoms with Gasteiger partial charge in [0.2, 0.25) is 10.0 Å². The SMILES string of the molecule is Cc1csc(CNS(=O)(=O)c2ccc(N)c([N+](=O)[O-])c2)n1. The number of hydrogen-bond acceptors (Lipinski definition) is 7. The monoisotopic (exact) mass is 328 g/mol. The number of nitrogens with zero attached hydrogens (tertiary/aromatic N) is 2. The molecule has 1 aromatic carbocycles. The van der Waals surface area contributed by atoms with E-state index < -0.39 is 20.6 Å². The van der Waals surface area contributed by atoms with Crippen LogP contribution in [-0.2, 0) is 16.6 Å². The molecule has 10 heteroatoms. The van der Waals surface area contributed by atoms with Crippen LogP contribution in [-0.4, -0.2) is 18.3 Å². The molecule has 0 fully saturated rings. The van der Waals surface area contributed by atoms with Crippen LogP contribution in [0.2, 0.25) is 0 Å². The highest BCUT2D eigenvalue weighted by atomic mass is 32.2. The third kappa shape index (κ3) is 3.54. The van der Waals surface area contributed by atoms with Crippen molar-refractivity contribution in [1.82, 2.24) is 9.71 Å². The van der Waals surface area contributed by atoms with E-state index in [9.17, 15) is 18.5 Å². The molecule has 1 aromatic heterocycles. The van der Waals surface area contributed by atoms with E-state index in [1.165, 1.54) is 23.5 Å². The molecule has 2 aromatic rings. The van der Waals surface area contributed by atoms with Gasteiger partial charge in [-0.05, 0) is 19.1 Å². The van der Waals surface area contributed by atoms with Crippen molar-refractivity contribution >= 4 is 32.7 Å².